The van der Waals surface area contributed by atoms with Crippen molar-refractivity contribution in [3.8, 4) is 5.75 Å². The quantitative estimate of drug-likeness (QED) is 0.390. The lowest BCUT2D eigenvalue weighted by atomic mass is 9.99. The minimum atomic E-state index is -0.786. The number of ether oxygens (including phenoxy) is 2. The molecule has 2 aliphatic rings. The van der Waals surface area contributed by atoms with E-state index in [9.17, 15) is 14.7 Å². The van der Waals surface area contributed by atoms with Gasteiger partial charge < -0.3 is 23.9 Å². The summed E-state index contributed by atoms with van der Waals surface area (Å²) in [5.41, 5.74) is 0.472. The van der Waals surface area contributed by atoms with Crippen molar-refractivity contribution in [2.45, 2.75) is 32.9 Å². The van der Waals surface area contributed by atoms with Crippen LogP contribution in [-0.4, -0.2) is 72.1 Å². The molecule has 1 aromatic carbocycles. The molecule has 0 bridgehead atoms. The Morgan fingerprint density at radius 2 is 1.79 bits per heavy atom. The summed E-state index contributed by atoms with van der Waals surface area (Å²) in [5, 5.41) is 11.1. The number of benzene rings is 1. The number of amides is 1. The fourth-order valence-electron chi connectivity index (χ4n) is 4.20. The predicted octanol–water partition coefficient (Wildman–Crippen LogP) is 3.13. The number of ketones is 1. The number of hydrogen-bond acceptors (Lipinski definition) is 7. The molecule has 2 fully saturated rings. The van der Waals surface area contributed by atoms with Crippen LogP contribution in [0.15, 0.2) is 46.4 Å². The molecule has 8 nitrogen and oxygen atoms in total. The number of carbonyl (C=O) groups is 2. The van der Waals surface area contributed by atoms with Crippen molar-refractivity contribution >= 4 is 17.4 Å². The number of carbonyl (C=O) groups excluding carboxylic acids is 2. The van der Waals surface area contributed by atoms with Crippen LogP contribution >= 0.6 is 0 Å². The molecule has 2 aromatic rings. The molecule has 0 aliphatic carbocycles. The number of furan rings is 1. The molecule has 3 heterocycles. The Bertz CT molecular complexity index is 1030. The van der Waals surface area contributed by atoms with E-state index in [0.717, 1.165) is 13.1 Å². The molecule has 1 unspecified atom stereocenters. The third-order valence-electron chi connectivity index (χ3n) is 5.83. The first-order valence-corrected chi connectivity index (χ1v) is 11.3. The van der Waals surface area contributed by atoms with E-state index in [2.05, 4.69) is 4.90 Å². The van der Waals surface area contributed by atoms with Gasteiger partial charge in [0.05, 0.1) is 24.9 Å². The highest BCUT2D eigenvalue weighted by molar-refractivity contribution is 6.46. The van der Waals surface area contributed by atoms with Crippen LogP contribution in [0.3, 0.4) is 0 Å². The Kier molecular flexibility index (Phi) is 6.85. The summed E-state index contributed by atoms with van der Waals surface area (Å²) >= 11 is 0. The van der Waals surface area contributed by atoms with Crippen LogP contribution in [0.25, 0.3) is 5.76 Å². The highest BCUT2D eigenvalue weighted by Gasteiger charge is 2.47. The molecule has 0 saturated carbocycles. The molecular formula is C25H30N2O6. The van der Waals surface area contributed by atoms with Crippen molar-refractivity contribution in [1.82, 2.24) is 9.80 Å². The van der Waals surface area contributed by atoms with E-state index in [1.807, 2.05) is 13.8 Å². The van der Waals surface area contributed by atoms with Crippen LogP contribution in [0.4, 0.5) is 0 Å². The van der Waals surface area contributed by atoms with Gasteiger partial charge in [0.1, 0.15) is 29.1 Å². The van der Waals surface area contributed by atoms with E-state index in [1.54, 1.807) is 43.3 Å². The zero-order chi connectivity index (χ0) is 23.5. The third kappa shape index (κ3) is 4.96. The van der Waals surface area contributed by atoms with Gasteiger partial charge in [0.2, 0.25) is 0 Å². The summed E-state index contributed by atoms with van der Waals surface area (Å²) in [4.78, 5) is 29.8. The van der Waals surface area contributed by atoms with Crippen LogP contribution in [0.1, 0.15) is 37.0 Å². The molecule has 2 saturated heterocycles. The first-order valence-electron chi connectivity index (χ1n) is 11.3. The molecular weight excluding hydrogens is 424 g/mol. The number of hydrogen-bond donors (Lipinski definition) is 1. The molecule has 0 spiro atoms. The highest BCUT2D eigenvalue weighted by atomic mass is 16.5. The number of likely N-dealkylation sites (tertiary alicyclic amines) is 1. The number of aliphatic hydroxyl groups excluding tert-OH is 1. The fourth-order valence-corrected chi connectivity index (χ4v) is 4.20. The molecule has 1 amide bonds. The summed E-state index contributed by atoms with van der Waals surface area (Å²) < 4.78 is 16.9. The largest absolute Gasteiger partial charge is 0.507 e. The summed E-state index contributed by atoms with van der Waals surface area (Å²) in [6, 6.07) is 9.57. The number of rotatable bonds is 7. The van der Waals surface area contributed by atoms with Crippen molar-refractivity contribution in [3.05, 3.63) is 59.1 Å². The Labute approximate surface area is 193 Å². The van der Waals surface area contributed by atoms with Gasteiger partial charge in [-0.1, -0.05) is 0 Å². The van der Waals surface area contributed by atoms with Gasteiger partial charge in [-0.05, 0) is 57.2 Å². The van der Waals surface area contributed by atoms with Gasteiger partial charge in [0.15, 0.2) is 0 Å². The second kappa shape index (κ2) is 9.80. The first-order chi connectivity index (χ1) is 15.8. The molecule has 33 heavy (non-hydrogen) atoms. The van der Waals surface area contributed by atoms with Gasteiger partial charge in [-0.3, -0.25) is 14.5 Å². The lowest BCUT2D eigenvalue weighted by Crippen LogP contribution is -2.42. The number of nitrogens with zero attached hydrogens (tertiary/aromatic N) is 2. The summed E-state index contributed by atoms with van der Waals surface area (Å²) in [6.45, 7) is 9.46. The second-order valence-electron chi connectivity index (χ2n) is 8.59. The van der Waals surface area contributed by atoms with Gasteiger partial charge in [-0.15, -0.1) is 0 Å². The standard InChI is InChI=1S/C25H30N2O6/c1-16(2)32-19-7-5-18(6-8-19)23(28)21-22(20-9-4-17(3)33-20)27(25(30)24(21)29)11-10-26-12-14-31-15-13-26/h4-9,16,22,28H,10-15H2,1-3H3/b23-21-. The van der Waals surface area contributed by atoms with Gasteiger partial charge in [-0.2, -0.15) is 0 Å². The fraction of sp³-hybridized carbons (Fsp3) is 0.440. The first kappa shape index (κ1) is 23.1. The van der Waals surface area contributed by atoms with Crippen molar-refractivity contribution in [2.75, 3.05) is 39.4 Å². The lowest BCUT2D eigenvalue weighted by molar-refractivity contribution is -0.140. The van der Waals surface area contributed by atoms with Crippen LogP contribution in [-0.2, 0) is 14.3 Å². The molecule has 1 aromatic heterocycles. The molecule has 0 radical (unpaired) electrons. The van der Waals surface area contributed by atoms with E-state index in [-0.39, 0.29) is 17.4 Å². The normalized spacial score (nSPS) is 21.2. The Morgan fingerprint density at radius 3 is 2.39 bits per heavy atom. The van der Waals surface area contributed by atoms with Crippen LogP contribution in [0.2, 0.25) is 0 Å². The third-order valence-corrected chi connectivity index (χ3v) is 5.83. The van der Waals surface area contributed by atoms with E-state index < -0.39 is 17.7 Å². The van der Waals surface area contributed by atoms with Crippen molar-refractivity contribution in [2.24, 2.45) is 0 Å². The maximum Gasteiger partial charge on any atom is 0.295 e. The van der Waals surface area contributed by atoms with Crippen LogP contribution in [0, 0.1) is 6.92 Å². The van der Waals surface area contributed by atoms with E-state index in [4.69, 9.17) is 13.9 Å². The molecule has 1 atom stereocenters. The average Bonchev–Trinajstić information content (AvgIpc) is 3.33. The maximum absolute atomic E-state index is 13.1. The lowest BCUT2D eigenvalue weighted by Gasteiger charge is -2.30. The molecule has 8 heteroatoms. The smallest absolute Gasteiger partial charge is 0.295 e. The van der Waals surface area contributed by atoms with Crippen LogP contribution < -0.4 is 4.74 Å². The Morgan fingerprint density at radius 1 is 1.09 bits per heavy atom. The minimum Gasteiger partial charge on any atom is -0.507 e. The van der Waals surface area contributed by atoms with Crippen LogP contribution in [0.5, 0.6) is 5.75 Å². The SMILES string of the molecule is Cc1ccc(C2/C(=C(/O)c3ccc(OC(C)C)cc3)C(=O)C(=O)N2CCN2CCOCC2)o1. The van der Waals surface area contributed by atoms with E-state index in [0.29, 0.717) is 49.1 Å². The molecule has 4 rings (SSSR count). The zero-order valence-electron chi connectivity index (χ0n) is 19.2. The maximum atomic E-state index is 13.1. The van der Waals surface area contributed by atoms with E-state index >= 15 is 0 Å². The number of Topliss-reactive ketones (excluding diaryl/α,β-unsaturated/α-hetero) is 1. The summed E-state index contributed by atoms with van der Waals surface area (Å²) in [6.07, 6.45) is 0.0171. The molecule has 2 aliphatic heterocycles. The van der Waals surface area contributed by atoms with Crippen molar-refractivity contribution < 1.29 is 28.6 Å². The minimum absolute atomic E-state index is 0.0171. The van der Waals surface area contributed by atoms with Gasteiger partial charge in [0, 0.05) is 31.7 Å². The molecule has 176 valence electrons. The van der Waals surface area contributed by atoms with Crippen molar-refractivity contribution in [1.29, 1.82) is 0 Å². The zero-order valence-corrected chi connectivity index (χ0v) is 19.2. The van der Waals surface area contributed by atoms with Crippen molar-refractivity contribution in [3.63, 3.8) is 0 Å². The summed E-state index contributed by atoms with van der Waals surface area (Å²) in [5.74, 6) is 0.205. The van der Waals surface area contributed by atoms with Gasteiger partial charge in [0.25, 0.3) is 11.7 Å². The molecule has 1 N–H and O–H groups in total. The number of aliphatic hydroxyl groups is 1. The number of morpholine rings is 1. The monoisotopic (exact) mass is 454 g/mol. The number of aryl methyl sites for hydroxylation is 1. The average molecular weight is 455 g/mol. The summed E-state index contributed by atoms with van der Waals surface area (Å²) in [7, 11) is 0. The predicted molar refractivity (Wildman–Crippen MR) is 122 cm³/mol. The highest BCUT2D eigenvalue weighted by Crippen LogP contribution is 2.40. The van der Waals surface area contributed by atoms with Gasteiger partial charge in [-0.25, -0.2) is 0 Å². The Hall–Kier alpha value is -3.10. The topological polar surface area (TPSA) is 92.5 Å². The van der Waals surface area contributed by atoms with E-state index in [1.165, 1.54) is 4.90 Å². The second-order valence-corrected chi connectivity index (χ2v) is 8.59. The van der Waals surface area contributed by atoms with Gasteiger partial charge >= 0.3 is 0 Å². The Balaban J connectivity index is 1.67.